The average Bonchev–Trinajstić information content (AvgIpc) is 3.39. The molecule has 1 fully saturated rings. The Labute approximate surface area is 347 Å². The number of fused-ring (bicyclic) bond motifs is 7. The Morgan fingerprint density at radius 2 is 1.02 bits per heavy atom. The van der Waals surface area contributed by atoms with E-state index in [4.69, 9.17) is 0 Å². The fourth-order valence-electron chi connectivity index (χ4n) is 11.2. The Bertz CT molecular complexity index is 2540. The Morgan fingerprint density at radius 3 is 1.69 bits per heavy atom. The molecule has 6 aromatic rings. The van der Waals surface area contributed by atoms with Crippen molar-refractivity contribution in [2.24, 2.45) is 0 Å². The van der Waals surface area contributed by atoms with E-state index in [1.807, 2.05) is 0 Å². The Hall–Kier alpha value is -5.22. The fourth-order valence-corrected chi connectivity index (χ4v) is 11.2. The number of hydrogen-bond acceptors (Lipinski definition) is 3. The highest BCUT2D eigenvalue weighted by atomic mass is 15.3. The molecule has 292 valence electrons. The minimum absolute atomic E-state index is 0.00820. The number of benzene rings is 6. The summed E-state index contributed by atoms with van der Waals surface area (Å²) in [6.07, 6.45) is 7.51. The molecule has 10 rings (SSSR count). The first kappa shape index (κ1) is 37.1. The molecule has 2 unspecified atom stereocenters. The molecule has 1 aliphatic carbocycles. The molecule has 3 nitrogen and oxygen atoms in total. The zero-order chi connectivity index (χ0) is 40.2. The second-order valence-electron chi connectivity index (χ2n) is 20.1. The molecule has 1 saturated carbocycles. The van der Waals surface area contributed by atoms with Crippen LogP contribution in [0.2, 0.25) is 0 Å². The molecule has 0 radical (unpaired) electrons. The number of anilines is 8. The molecule has 4 aliphatic rings. The van der Waals surface area contributed by atoms with Gasteiger partial charge in [-0.1, -0.05) is 153 Å². The lowest BCUT2D eigenvalue weighted by atomic mass is 9.33. The zero-order valence-electron chi connectivity index (χ0n) is 35.9. The lowest BCUT2D eigenvalue weighted by Crippen LogP contribution is -2.61. The van der Waals surface area contributed by atoms with Crippen LogP contribution in [0.15, 0.2) is 133 Å². The van der Waals surface area contributed by atoms with Crippen LogP contribution < -0.4 is 31.1 Å². The first-order valence-corrected chi connectivity index (χ1v) is 21.9. The molecular formula is C54H58BN3. The minimum Gasteiger partial charge on any atom is -0.334 e. The van der Waals surface area contributed by atoms with Gasteiger partial charge in [-0.05, 0) is 118 Å². The summed E-state index contributed by atoms with van der Waals surface area (Å²) in [6.45, 7) is 19.2. The van der Waals surface area contributed by atoms with Crippen molar-refractivity contribution in [1.82, 2.24) is 0 Å². The molecule has 4 heteroatoms. The molecule has 0 saturated heterocycles. The highest BCUT2D eigenvalue weighted by Gasteiger charge is 2.57. The van der Waals surface area contributed by atoms with Crippen molar-refractivity contribution < 1.29 is 0 Å². The van der Waals surface area contributed by atoms with Gasteiger partial charge in [-0.25, -0.2) is 0 Å². The summed E-state index contributed by atoms with van der Waals surface area (Å²) in [6, 6.07) is 51.6. The third kappa shape index (κ3) is 5.46. The van der Waals surface area contributed by atoms with Gasteiger partial charge in [0.05, 0.1) is 5.54 Å². The lowest BCUT2D eigenvalue weighted by molar-refractivity contribution is 0.218. The third-order valence-electron chi connectivity index (χ3n) is 14.6. The summed E-state index contributed by atoms with van der Waals surface area (Å²) in [4.78, 5) is 7.96. The van der Waals surface area contributed by atoms with E-state index in [1.54, 1.807) is 0 Å². The lowest BCUT2D eigenvalue weighted by Gasteiger charge is -2.50. The predicted octanol–water partition coefficient (Wildman–Crippen LogP) is 12.9. The normalized spacial score (nSPS) is 21.0. The van der Waals surface area contributed by atoms with Crippen LogP contribution in [0.1, 0.15) is 111 Å². The Balaban J connectivity index is 1.31. The predicted molar refractivity (Wildman–Crippen MR) is 250 cm³/mol. The molecule has 0 spiro atoms. The fraction of sp³-hybridized carbons (Fsp3) is 0.333. The number of rotatable bonds is 3. The van der Waals surface area contributed by atoms with Crippen molar-refractivity contribution in [3.63, 3.8) is 0 Å². The molecule has 0 aromatic heterocycles. The van der Waals surface area contributed by atoms with Gasteiger partial charge in [-0.15, -0.1) is 0 Å². The summed E-state index contributed by atoms with van der Waals surface area (Å²) < 4.78 is 0. The summed E-state index contributed by atoms with van der Waals surface area (Å²) in [5.41, 5.74) is 18.4. The summed E-state index contributed by atoms with van der Waals surface area (Å²) in [5.74, 6) is 0. The maximum atomic E-state index is 2.79. The smallest absolute Gasteiger partial charge is 0.252 e. The van der Waals surface area contributed by atoms with E-state index in [-0.39, 0.29) is 28.5 Å². The monoisotopic (exact) mass is 759 g/mol. The standard InChI is InChI=1S/C54H58BN3/c1-51(2,3)37-26-29-40(30-27-37)57-47-31-28-38(52(4,5)6)34-44(47)55-43-23-15-17-25-46(43)56(39-20-12-11-13-21-39)48-35-41(36-49(57)50(48)55)58-45-24-16-14-22-42(45)53(7)32-18-9-10-19-33-54(53,58)8/h11-17,20-31,34-36H,9-10,18-19,32-33H2,1-8H3. The second-order valence-corrected chi connectivity index (χ2v) is 20.1. The highest BCUT2D eigenvalue weighted by Crippen LogP contribution is 2.60. The van der Waals surface area contributed by atoms with Gasteiger partial charge in [-0.2, -0.15) is 0 Å². The van der Waals surface area contributed by atoms with Crippen molar-refractivity contribution in [3.05, 3.63) is 150 Å². The molecule has 3 heterocycles. The van der Waals surface area contributed by atoms with E-state index in [2.05, 4.69) is 204 Å². The SMILES string of the molecule is CC(C)(C)c1ccc(N2c3ccc(C(C)(C)C)cc3B3c4ccccc4N(c4ccccc4)c4cc(N5c6ccccc6C6(C)CCCCCCC56C)cc2c43)cc1. The van der Waals surface area contributed by atoms with E-state index in [9.17, 15) is 0 Å². The van der Waals surface area contributed by atoms with Gasteiger partial charge >= 0.3 is 0 Å². The van der Waals surface area contributed by atoms with Gasteiger partial charge < -0.3 is 14.7 Å². The van der Waals surface area contributed by atoms with Gasteiger partial charge in [0, 0.05) is 50.9 Å². The van der Waals surface area contributed by atoms with E-state index < -0.39 is 0 Å². The van der Waals surface area contributed by atoms with Crippen molar-refractivity contribution in [2.75, 3.05) is 14.7 Å². The number of hydrogen-bond donors (Lipinski definition) is 0. The van der Waals surface area contributed by atoms with Crippen LogP contribution in [0.5, 0.6) is 0 Å². The highest BCUT2D eigenvalue weighted by molar-refractivity contribution is 7.00. The van der Waals surface area contributed by atoms with Crippen molar-refractivity contribution >= 4 is 68.6 Å². The van der Waals surface area contributed by atoms with Crippen LogP contribution >= 0.6 is 0 Å². The summed E-state index contributed by atoms with van der Waals surface area (Å²) in [7, 11) is 0. The van der Waals surface area contributed by atoms with E-state index in [0.717, 1.165) is 6.42 Å². The minimum atomic E-state index is -0.0883. The number of nitrogens with zero attached hydrogens (tertiary/aromatic N) is 3. The van der Waals surface area contributed by atoms with Crippen LogP contribution in [0, 0.1) is 0 Å². The molecule has 58 heavy (non-hydrogen) atoms. The van der Waals surface area contributed by atoms with Crippen LogP contribution in [-0.2, 0) is 16.2 Å². The van der Waals surface area contributed by atoms with Gasteiger partial charge in [0.15, 0.2) is 0 Å². The molecule has 2 atom stereocenters. The van der Waals surface area contributed by atoms with E-state index >= 15 is 0 Å². The first-order chi connectivity index (χ1) is 27.8. The molecule has 6 aromatic carbocycles. The van der Waals surface area contributed by atoms with Crippen LogP contribution in [-0.4, -0.2) is 12.3 Å². The average molecular weight is 760 g/mol. The van der Waals surface area contributed by atoms with E-state index in [1.165, 1.54) is 111 Å². The van der Waals surface area contributed by atoms with Gasteiger partial charge in [0.1, 0.15) is 0 Å². The van der Waals surface area contributed by atoms with Crippen molar-refractivity contribution in [1.29, 1.82) is 0 Å². The molecular weight excluding hydrogens is 701 g/mol. The topological polar surface area (TPSA) is 9.72 Å². The molecule has 0 amide bonds. The van der Waals surface area contributed by atoms with Gasteiger partial charge in [0.25, 0.3) is 6.71 Å². The number of para-hydroxylation sites is 3. The van der Waals surface area contributed by atoms with E-state index in [0.29, 0.717) is 0 Å². The largest absolute Gasteiger partial charge is 0.334 e. The second kappa shape index (κ2) is 13.1. The molecule has 3 aliphatic heterocycles. The quantitative estimate of drug-likeness (QED) is 0.166. The zero-order valence-corrected chi connectivity index (χ0v) is 35.9. The summed E-state index contributed by atoms with van der Waals surface area (Å²) >= 11 is 0. The van der Waals surface area contributed by atoms with Crippen LogP contribution in [0.3, 0.4) is 0 Å². The third-order valence-corrected chi connectivity index (χ3v) is 14.6. The Morgan fingerprint density at radius 1 is 0.466 bits per heavy atom. The van der Waals surface area contributed by atoms with Crippen molar-refractivity contribution in [2.45, 2.75) is 116 Å². The maximum absolute atomic E-state index is 2.79. The summed E-state index contributed by atoms with van der Waals surface area (Å²) in [5, 5.41) is 0. The van der Waals surface area contributed by atoms with Crippen LogP contribution in [0.25, 0.3) is 0 Å². The van der Waals surface area contributed by atoms with Gasteiger partial charge in [0.2, 0.25) is 0 Å². The van der Waals surface area contributed by atoms with Crippen molar-refractivity contribution in [3.8, 4) is 0 Å². The maximum Gasteiger partial charge on any atom is 0.252 e. The van der Waals surface area contributed by atoms with Crippen LogP contribution in [0.4, 0.5) is 45.5 Å². The first-order valence-electron chi connectivity index (χ1n) is 21.9. The molecule has 0 N–H and O–H groups in total. The Kier molecular flexibility index (Phi) is 8.41. The molecule has 0 bridgehead atoms. The van der Waals surface area contributed by atoms with Gasteiger partial charge in [-0.3, -0.25) is 0 Å².